The number of pyridine rings is 1. The molecule has 2 atom stereocenters. The standard InChI is InChI=1S/C25H29ClFN4O9P.2Na.2H/c1-31(24(33)29-11-18-7-4-8-21(27)23(18)26)19(12-38-14-20(32)15-40-41(35,36)37)13-39-25(34)30-22-9-16-5-2-3-6-17(16)10-28-22;;;;/h2-10,19-20,32H,11-15H2,1H3,(H,29,33)(H,28,30,34)(H2,35,36,37);;;;/q;2*+1;2*-1. The minimum absolute atomic E-state index is 0. The number of benzene rings is 2. The van der Waals surface area contributed by atoms with Crippen LogP contribution in [0.4, 0.5) is 19.8 Å². The van der Waals surface area contributed by atoms with Gasteiger partial charge in [-0.05, 0) is 23.1 Å². The van der Waals surface area contributed by atoms with Crippen molar-refractivity contribution < 1.29 is 109 Å². The summed E-state index contributed by atoms with van der Waals surface area (Å²) in [7, 11) is -3.38. The van der Waals surface area contributed by atoms with Crippen LogP contribution in [-0.2, 0) is 25.1 Å². The number of anilines is 1. The second-order valence-electron chi connectivity index (χ2n) is 8.75. The van der Waals surface area contributed by atoms with E-state index in [-0.39, 0.29) is 92.6 Å². The molecule has 0 saturated carbocycles. The van der Waals surface area contributed by atoms with Crippen molar-refractivity contribution in [1.29, 1.82) is 0 Å². The second kappa shape index (κ2) is 19.2. The van der Waals surface area contributed by atoms with Crippen LogP contribution in [0.1, 0.15) is 8.42 Å². The van der Waals surface area contributed by atoms with E-state index in [0.717, 1.165) is 10.8 Å². The van der Waals surface area contributed by atoms with E-state index >= 15 is 0 Å². The van der Waals surface area contributed by atoms with Gasteiger partial charge in [-0.25, -0.2) is 23.5 Å². The van der Waals surface area contributed by atoms with Crippen LogP contribution in [0.15, 0.2) is 54.7 Å². The van der Waals surface area contributed by atoms with Crippen molar-refractivity contribution in [2.45, 2.75) is 18.7 Å². The molecule has 3 aromatic rings. The molecule has 0 aliphatic heterocycles. The molecule has 0 saturated heterocycles. The molecule has 0 radical (unpaired) electrons. The fourth-order valence-corrected chi connectivity index (χ4v) is 4.01. The Bertz CT molecular complexity index is 1420. The number of nitrogens with one attached hydrogen (secondary N) is 2. The normalized spacial score (nSPS) is 12.3. The maximum Gasteiger partial charge on any atom is 1.00 e. The van der Waals surface area contributed by atoms with Gasteiger partial charge in [0.15, 0.2) is 0 Å². The summed E-state index contributed by atoms with van der Waals surface area (Å²) >= 11 is 5.94. The van der Waals surface area contributed by atoms with Crippen molar-refractivity contribution in [3.63, 3.8) is 0 Å². The number of urea groups is 1. The quantitative estimate of drug-likeness (QED) is 0.0971. The summed E-state index contributed by atoms with van der Waals surface area (Å²) in [5, 5.41) is 16.5. The van der Waals surface area contributed by atoms with Crippen molar-refractivity contribution in [1.82, 2.24) is 15.2 Å². The van der Waals surface area contributed by atoms with E-state index < -0.39 is 51.1 Å². The molecule has 0 spiro atoms. The monoisotopic (exact) mass is 662 g/mol. The maximum absolute atomic E-state index is 13.7. The molecular weight excluding hydrogens is 632 g/mol. The summed E-state index contributed by atoms with van der Waals surface area (Å²) in [5.74, 6) is -0.396. The van der Waals surface area contributed by atoms with Crippen molar-refractivity contribution in [3.05, 3.63) is 71.1 Å². The number of phosphoric ester groups is 1. The smallest absolute Gasteiger partial charge is 1.00 e. The summed E-state index contributed by atoms with van der Waals surface area (Å²) in [4.78, 5) is 48.1. The molecule has 0 bridgehead atoms. The Balaban J connectivity index is 0. The number of carbonyl (C=O) groups excluding carboxylic acids is 2. The van der Waals surface area contributed by atoms with Gasteiger partial charge in [0.25, 0.3) is 0 Å². The molecule has 2 aromatic carbocycles. The predicted octanol–water partition coefficient (Wildman–Crippen LogP) is -2.49. The molecular formula is C25H31ClFN4Na2O9P. The molecule has 2 unspecified atom stereocenters. The number of ether oxygens (including phenoxy) is 2. The Morgan fingerprint density at radius 3 is 2.49 bits per heavy atom. The average molecular weight is 663 g/mol. The molecule has 3 amide bonds. The molecule has 0 aliphatic rings. The van der Waals surface area contributed by atoms with Gasteiger partial charge in [0, 0.05) is 25.2 Å². The first-order valence-corrected chi connectivity index (χ1v) is 14.0. The van der Waals surface area contributed by atoms with E-state index in [1.54, 1.807) is 18.3 Å². The molecule has 18 heteroatoms. The summed E-state index contributed by atoms with van der Waals surface area (Å²) < 4.78 is 39.4. The molecule has 226 valence electrons. The molecule has 5 N–H and O–H groups in total. The van der Waals surface area contributed by atoms with Crippen LogP contribution in [0.3, 0.4) is 0 Å². The Morgan fingerprint density at radius 1 is 1.09 bits per heavy atom. The van der Waals surface area contributed by atoms with Crippen LogP contribution >= 0.6 is 19.4 Å². The summed E-state index contributed by atoms with van der Waals surface area (Å²) in [5.41, 5.74) is 0.341. The van der Waals surface area contributed by atoms with Crippen molar-refractivity contribution in [2.24, 2.45) is 0 Å². The van der Waals surface area contributed by atoms with E-state index in [4.69, 9.17) is 30.9 Å². The van der Waals surface area contributed by atoms with Crippen LogP contribution in [0.2, 0.25) is 5.02 Å². The Labute approximate surface area is 299 Å². The van der Waals surface area contributed by atoms with Gasteiger partial charge in [0.2, 0.25) is 0 Å². The first-order chi connectivity index (χ1) is 19.4. The fourth-order valence-electron chi connectivity index (χ4n) is 3.45. The number of aliphatic hydroxyl groups excluding tert-OH is 1. The SMILES string of the molecule is CN(C(=O)NCc1cccc(F)c1Cl)C(COCC(O)COP(=O)(O)O)COC(=O)Nc1cc2ccccc2cn1.[H-].[H-].[Na+].[Na+]. The summed E-state index contributed by atoms with van der Waals surface area (Å²) in [6, 6.07) is 11.7. The number of aliphatic hydroxyl groups is 1. The number of phosphoric acid groups is 1. The first kappa shape index (κ1) is 39.7. The zero-order valence-electron chi connectivity index (χ0n) is 25.8. The Morgan fingerprint density at radius 2 is 1.79 bits per heavy atom. The van der Waals surface area contributed by atoms with Crippen LogP contribution in [0, 0.1) is 5.82 Å². The zero-order valence-corrected chi connectivity index (χ0v) is 29.4. The average Bonchev–Trinajstić information content (AvgIpc) is 2.93. The van der Waals surface area contributed by atoms with Gasteiger partial charge in [-0.15, -0.1) is 0 Å². The van der Waals surface area contributed by atoms with Crippen LogP contribution < -0.4 is 69.7 Å². The van der Waals surface area contributed by atoms with E-state index in [9.17, 15) is 23.7 Å². The molecule has 3 rings (SSSR count). The van der Waals surface area contributed by atoms with Gasteiger partial charge in [-0.2, -0.15) is 0 Å². The van der Waals surface area contributed by atoms with Crippen molar-refractivity contribution in [2.75, 3.05) is 38.8 Å². The number of halogens is 2. The van der Waals surface area contributed by atoms with Crippen LogP contribution in [-0.4, -0.2) is 82.5 Å². The van der Waals surface area contributed by atoms with Crippen molar-refractivity contribution >= 4 is 48.1 Å². The van der Waals surface area contributed by atoms with Gasteiger partial charge in [-0.3, -0.25) is 9.84 Å². The van der Waals surface area contributed by atoms with E-state index in [1.807, 2.05) is 24.3 Å². The number of carbonyl (C=O) groups is 2. The zero-order chi connectivity index (χ0) is 30.0. The summed E-state index contributed by atoms with van der Waals surface area (Å²) in [6.45, 7) is -1.80. The van der Waals surface area contributed by atoms with Gasteiger partial charge < -0.3 is 37.4 Å². The molecule has 43 heavy (non-hydrogen) atoms. The number of amides is 3. The third-order valence-electron chi connectivity index (χ3n) is 5.65. The molecule has 0 aliphatic carbocycles. The minimum atomic E-state index is -4.78. The van der Waals surface area contributed by atoms with Gasteiger partial charge in [0.05, 0.1) is 30.9 Å². The van der Waals surface area contributed by atoms with Crippen LogP contribution in [0.25, 0.3) is 10.8 Å². The first-order valence-electron chi connectivity index (χ1n) is 12.1. The number of aromatic nitrogens is 1. The number of likely N-dealkylation sites (N-methyl/N-ethyl adjacent to an activating group) is 1. The maximum atomic E-state index is 13.7. The fraction of sp³-hybridized carbons (Fsp3) is 0.320. The summed E-state index contributed by atoms with van der Waals surface area (Å²) in [6.07, 6.45) is -0.652. The number of hydrogen-bond donors (Lipinski definition) is 5. The van der Waals surface area contributed by atoms with E-state index in [1.165, 1.54) is 24.1 Å². The Kier molecular flexibility index (Phi) is 17.7. The van der Waals surface area contributed by atoms with E-state index in [0.29, 0.717) is 5.56 Å². The topological polar surface area (TPSA) is 180 Å². The third kappa shape index (κ3) is 13.7. The second-order valence-corrected chi connectivity index (χ2v) is 10.4. The predicted molar refractivity (Wildman–Crippen MR) is 149 cm³/mol. The van der Waals surface area contributed by atoms with Gasteiger partial charge in [0.1, 0.15) is 24.3 Å². The van der Waals surface area contributed by atoms with Gasteiger partial charge in [-0.1, -0.05) is 48.0 Å². The molecule has 13 nitrogen and oxygen atoms in total. The van der Waals surface area contributed by atoms with Crippen molar-refractivity contribution in [3.8, 4) is 0 Å². The molecule has 1 aromatic heterocycles. The number of fused-ring (bicyclic) bond motifs is 1. The van der Waals surface area contributed by atoms with Gasteiger partial charge >= 0.3 is 79.1 Å². The third-order valence-corrected chi connectivity index (χ3v) is 6.56. The molecule has 1 heterocycles. The van der Waals surface area contributed by atoms with Crippen LogP contribution in [0.5, 0.6) is 0 Å². The number of hydrogen-bond acceptors (Lipinski definition) is 8. The van der Waals surface area contributed by atoms with E-state index in [2.05, 4.69) is 20.1 Å². The minimum Gasteiger partial charge on any atom is -1.00 e. The largest absolute Gasteiger partial charge is 1.00 e. The number of nitrogens with zero attached hydrogens (tertiary/aromatic N) is 2. The number of rotatable bonds is 13. The molecule has 0 fully saturated rings. The Hall–Kier alpha value is -1.36.